The zero-order chi connectivity index (χ0) is 32.1. The van der Waals surface area contributed by atoms with Crippen LogP contribution in [0.3, 0.4) is 0 Å². The van der Waals surface area contributed by atoms with E-state index in [0.29, 0.717) is 19.7 Å². The number of likely N-dealkylation sites (tertiary alicyclic amines) is 1. The van der Waals surface area contributed by atoms with E-state index < -0.39 is 29.7 Å². The van der Waals surface area contributed by atoms with E-state index in [1.165, 1.54) is 5.56 Å². The summed E-state index contributed by atoms with van der Waals surface area (Å²) in [4.78, 5) is 41.6. The lowest BCUT2D eigenvalue weighted by atomic mass is 9.83. The molecule has 2 aliphatic rings. The maximum Gasteiger partial charge on any atom is 0.490 e. The number of hydrogen-bond donors (Lipinski definition) is 4. The molecular weight excluding hydrogens is 585 g/mol. The van der Waals surface area contributed by atoms with Crippen molar-refractivity contribution >= 4 is 28.7 Å². The van der Waals surface area contributed by atoms with Crippen LogP contribution in [-0.2, 0) is 26.3 Å². The number of carbonyl (C=O) groups is 3. The number of aromatic nitrogens is 1. The van der Waals surface area contributed by atoms with Gasteiger partial charge in [-0.05, 0) is 55.7 Å². The number of carbonyl (C=O) groups excluding carboxylic acids is 1. The Balaban J connectivity index is 0.000000566. The molecule has 11 nitrogen and oxygen atoms in total. The Morgan fingerprint density at radius 2 is 1.80 bits per heavy atom. The van der Waals surface area contributed by atoms with Crippen molar-refractivity contribution in [3.63, 3.8) is 0 Å². The van der Waals surface area contributed by atoms with Crippen LogP contribution >= 0.6 is 0 Å². The molecule has 2 atom stereocenters. The molecule has 2 aromatic carbocycles. The van der Waals surface area contributed by atoms with Gasteiger partial charge in [-0.2, -0.15) is 13.2 Å². The zero-order valence-electron chi connectivity index (χ0n) is 24.3. The van der Waals surface area contributed by atoms with Gasteiger partial charge in [-0.15, -0.1) is 0 Å². The van der Waals surface area contributed by atoms with E-state index in [0.717, 1.165) is 54.0 Å². The zero-order valence-corrected chi connectivity index (χ0v) is 24.3. The lowest BCUT2D eigenvalue weighted by Crippen LogP contribution is -2.57. The van der Waals surface area contributed by atoms with E-state index in [4.69, 9.17) is 19.4 Å². The number of H-pyrrole nitrogens is 1. The Morgan fingerprint density at radius 3 is 2.43 bits per heavy atom. The van der Waals surface area contributed by atoms with Crippen molar-refractivity contribution < 1.29 is 47.2 Å². The summed E-state index contributed by atoms with van der Waals surface area (Å²) in [5.74, 6) is -2.17. The molecule has 1 amide bonds. The largest absolute Gasteiger partial charge is 0.497 e. The summed E-state index contributed by atoms with van der Waals surface area (Å²) < 4.78 is 43.1. The summed E-state index contributed by atoms with van der Waals surface area (Å²) in [6.07, 6.45) is -3.57. The summed E-state index contributed by atoms with van der Waals surface area (Å²) >= 11 is 0. The van der Waals surface area contributed by atoms with E-state index in [2.05, 4.69) is 21.3 Å². The van der Waals surface area contributed by atoms with E-state index in [9.17, 15) is 27.9 Å². The van der Waals surface area contributed by atoms with Gasteiger partial charge < -0.3 is 29.6 Å². The van der Waals surface area contributed by atoms with Crippen molar-refractivity contribution in [3.8, 4) is 11.5 Å². The molecule has 0 saturated carbocycles. The fraction of sp³-hybridized carbons (Fsp3) is 0.433. The molecule has 238 valence electrons. The summed E-state index contributed by atoms with van der Waals surface area (Å²) in [6.45, 7) is 4.93. The number of alkyl halides is 3. The van der Waals surface area contributed by atoms with Gasteiger partial charge >= 0.3 is 18.1 Å². The minimum Gasteiger partial charge on any atom is -0.497 e. The summed E-state index contributed by atoms with van der Waals surface area (Å²) in [7, 11) is 1.67. The third kappa shape index (κ3) is 7.25. The smallest absolute Gasteiger partial charge is 0.490 e. The predicted octanol–water partition coefficient (Wildman–Crippen LogP) is 3.24. The molecule has 3 heterocycles. The van der Waals surface area contributed by atoms with E-state index >= 15 is 0 Å². The van der Waals surface area contributed by atoms with Gasteiger partial charge in [0.05, 0.1) is 19.2 Å². The van der Waals surface area contributed by atoms with Crippen molar-refractivity contribution in [2.75, 3.05) is 46.4 Å². The van der Waals surface area contributed by atoms with Crippen LogP contribution in [0.5, 0.6) is 11.5 Å². The van der Waals surface area contributed by atoms with Crippen LogP contribution in [-0.4, -0.2) is 102 Å². The fourth-order valence-electron chi connectivity index (χ4n) is 5.67. The third-order valence-electron chi connectivity index (χ3n) is 7.90. The van der Waals surface area contributed by atoms with Gasteiger partial charge in [0, 0.05) is 42.8 Å². The van der Waals surface area contributed by atoms with Crippen LogP contribution in [0.2, 0.25) is 0 Å². The molecule has 1 fully saturated rings. The number of ether oxygens (including phenoxy) is 2. The Kier molecular flexibility index (Phi) is 10.0. The first kappa shape index (κ1) is 32.6. The van der Waals surface area contributed by atoms with Gasteiger partial charge in [-0.1, -0.05) is 18.2 Å². The van der Waals surface area contributed by atoms with Crippen LogP contribution in [0.4, 0.5) is 13.2 Å². The highest BCUT2D eigenvalue weighted by Crippen LogP contribution is 2.45. The Hall–Kier alpha value is -4.30. The molecule has 0 bridgehead atoms. The van der Waals surface area contributed by atoms with Crippen LogP contribution in [0.1, 0.15) is 24.6 Å². The summed E-state index contributed by atoms with van der Waals surface area (Å²) in [5.41, 5.74) is 2.82. The lowest BCUT2D eigenvalue weighted by Gasteiger charge is -2.45. The Labute approximate surface area is 251 Å². The van der Waals surface area contributed by atoms with E-state index in [1.807, 2.05) is 47.4 Å². The normalized spacial score (nSPS) is 18.8. The first-order valence-corrected chi connectivity index (χ1v) is 14.0. The number of rotatable bonds is 9. The molecule has 0 aliphatic carbocycles. The number of fused-ring (bicyclic) bond motifs is 4. The second-order valence-electron chi connectivity index (χ2n) is 10.6. The molecule has 4 N–H and O–H groups in total. The van der Waals surface area contributed by atoms with Gasteiger partial charge in [0.2, 0.25) is 5.91 Å². The number of carboxylic acid groups (broad SMARTS) is 2. The molecule has 3 aromatic rings. The molecule has 5 rings (SSSR count). The highest BCUT2D eigenvalue weighted by atomic mass is 19.4. The summed E-state index contributed by atoms with van der Waals surface area (Å²) in [5, 5.41) is 20.4. The second-order valence-corrected chi connectivity index (χ2v) is 10.6. The molecule has 2 unspecified atom stereocenters. The number of hydrogen-bond acceptors (Lipinski definition) is 7. The Bertz CT molecular complexity index is 1480. The minimum atomic E-state index is -5.08. The third-order valence-corrected chi connectivity index (χ3v) is 7.90. The number of nitrogens with one attached hydrogen (secondary N) is 2. The topological polar surface area (TPSA) is 144 Å². The van der Waals surface area contributed by atoms with Gasteiger partial charge in [-0.3, -0.25) is 19.8 Å². The number of aromatic amines is 1. The molecular formula is C30H35F3N4O7. The number of nitrogens with zero attached hydrogens (tertiary/aromatic N) is 2. The molecule has 1 saturated heterocycles. The SMILES string of the molecule is COc1ccc2[nH]c3c(c2c1)CCN(C(=O)CNC(C)C(=O)O)C31CCN(CCOc2ccccc2)C1.O=C(O)C(F)(F)F. The van der Waals surface area contributed by atoms with Crippen LogP contribution in [0, 0.1) is 0 Å². The van der Waals surface area contributed by atoms with E-state index in [-0.39, 0.29) is 12.5 Å². The number of para-hydroxylation sites is 1. The number of carboxylic acids is 2. The standard InChI is InChI=1S/C28H34N4O5.C2HF3O2/c1-19(27(34)35)29-17-25(33)32-12-10-22-23-16-21(36-2)8-9-24(23)30-26(22)28(32)11-13-31(18-28)14-15-37-20-6-4-3-5-7-20;3-2(4,5)1(6)7/h3-9,16,19,29-30H,10-15,17-18H2,1-2H3,(H,34,35);(H,6,7). The Morgan fingerprint density at radius 1 is 1.09 bits per heavy atom. The molecule has 2 aliphatic heterocycles. The first-order valence-electron chi connectivity index (χ1n) is 14.0. The van der Waals surface area contributed by atoms with Gasteiger partial charge in [0.15, 0.2) is 0 Å². The van der Waals surface area contributed by atoms with Crippen molar-refractivity contribution in [2.45, 2.75) is 37.5 Å². The number of aliphatic carboxylic acids is 2. The van der Waals surface area contributed by atoms with Crippen molar-refractivity contribution in [1.82, 2.24) is 20.1 Å². The van der Waals surface area contributed by atoms with E-state index in [1.54, 1.807) is 14.0 Å². The number of methoxy groups -OCH3 is 1. The predicted molar refractivity (Wildman–Crippen MR) is 154 cm³/mol. The first-order chi connectivity index (χ1) is 20.9. The highest BCUT2D eigenvalue weighted by Gasteiger charge is 2.50. The highest BCUT2D eigenvalue weighted by molar-refractivity contribution is 5.88. The average Bonchev–Trinajstić information content (AvgIpc) is 3.58. The van der Waals surface area contributed by atoms with Gasteiger partial charge in [0.25, 0.3) is 0 Å². The maximum absolute atomic E-state index is 13.5. The van der Waals surface area contributed by atoms with Crippen LogP contribution in [0.25, 0.3) is 10.9 Å². The van der Waals surface area contributed by atoms with Crippen LogP contribution < -0.4 is 14.8 Å². The number of amides is 1. The molecule has 44 heavy (non-hydrogen) atoms. The average molecular weight is 621 g/mol. The molecule has 1 aromatic heterocycles. The van der Waals surface area contributed by atoms with Crippen molar-refractivity contribution in [3.05, 3.63) is 59.8 Å². The molecule has 14 heteroatoms. The minimum absolute atomic E-state index is 0.0181. The van der Waals surface area contributed by atoms with Gasteiger partial charge in [0.1, 0.15) is 24.1 Å². The fourth-order valence-corrected chi connectivity index (χ4v) is 5.67. The monoisotopic (exact) mass is 620 g/mol. The van der Waals surface area contributed by atoms with Crippen molar-refractivity contribution in [2.24, 2.45) is 0 Å². The lowest BCUT2D eigenvalue weighted by molar-refractivity contribution is -0.192. The second kappa shape index (κ2) is 13.6. The maximum atomic E-state index is 13.5. The quantitative estimate of drug-likeness (QED) is 0.283. The molecule has 0 radical (unpaired) electrons. The van der Waals surface area contributed by atoms with Gasteiger partial charge in [-0.25, -0.2) is 4.79 Å². The molecule has 1 spiro atoms. The summed E-state index contributed by atoms with van der Waals surface area (Å²) in [6, 6.07) is 15.0. The number of halogens is 3. The van der Waals surface area contributed by atoms with Crippen LogP contribution in [0.15, 0.2) is 48.5 Å². The number of benzene rings is 2. The van der Waals surface area contributed by atoms with Crippen molar-refractivity contribution in [1.29, 1.82) is 0 Å².